The fraction of sp³-hybridized carbons (Fsp3) is 0.310. The van der Waals surface area contributed by atoms with E-state index in [1.165, 1.54) is 16.9 Å². The van der Waals surface area contributed by atoms with Crippen molar-refractivity contribution in [2.75, 3.05) is 6.61 Å². The van der Waals surface area contributed by atoms with Crippen LogP contribution in [0.15, 0.2) is 68.3 Å². The maximum Gasteiger partial charge on any atom is 0.338 e. The maximum absolute atomic E-state index is 13.8. The molecule has 1 atom stereocenters. The van der Waals surface area contributed by atoms with Crippen molar-refractivity contribution in [3.63, 3.8) is 0 Å². The van der Waals surface area contributed by atoms with E-state index < -0.39 is 12.0 Å². The Morgan fingerprint density at radius 1 is 1.08 bits per heavy atom. The molecular weight excluding hydrogens is 500 g/mol. The number of hydrogen-bond donors (Lipinski definition) is 0. The molecule has 0 N–H and O–H groups in total. The molecule has 1 aliphatic heterocycles. The molecular formula is C29H30N4O4S. The molecule has 2 aromatic carbocycles. The number of nitrogens with zero attached hydrogens (tertiary/aromatic N) is 4. The molecule has 1 aliphatic rings. The Morgan fingerprint density at radius 2 is 1.76 bits per heavy atom. The first-order valence-corrected chi connectivity index (χ1v) is 13.4. The summed E-state index contributed by atoms with van der Waals surface area (Å²) in [4.78, 5) is 44.4. The minimum absolute atomic E-state index is 0.109. The van der Waals surface area contributed by atoms with E-state index in [0.29, 0.717) is 26.5 Å². The molecule has 38 heavy (non-hydrogen) atoms. The monoisotopic (exact) mass is 530 g/mol. The first kappa shape index (κ1) is 25.7. The molecule has 0 saturated heterocycles. The Hall–Kier alpha value is -3.98. The zero-order valence-electron chi connectivity index (χ0n) is 22.3. The molecule has 2 aromatic heterocycles. The fourth-order valence-electron chi connectivity index (χ4n) is 4.94. The minimum atomic E-state index is -0.647. The van der Waals surface area contributed by atoms with Crippen LogP contribution < -0.4 is 20.6 Å². The summed E-state index contributed by atoms with van der Waals surface area (Å²) in [5.74, 6) is -0.120. The van der Waals surface area contributed by atoms with Crippen molar-refractivity contribution >= 4 is 34.4 Å². The van der Waals surface area contributed by atoms with E-state index in [0.717, 1.165) is 22.2 Å². The summed E-state index contributed by atoms with van der Waals surface area (Å²) in [5.41, 5.74) is 4.94. The second kappa shape index (κ2) is 9.72. The van der Waals surface area contributed by atoms with Crippen molar-refractivity contribution in [2.24, 2.45) is 19.1 Å². The number of aryl methyl sites for hydroxylation is 2. The van der Waals surface area contributed by atoms with E-state index >= 15 is 0 Å². The van der Waals surface area contributed by atoms with E-state index in [4.69, 9.17) is 4.74 Å². The van der Waals surface area contributed by atoms with E-state index in [2.05, 4.69) is 18.8 Å². The lowest BCUT2D eigenvalue weighted by Gasteiger charge is -2.25. The molecule has 0 spiro atoms. The highest BCUT2D eigenvalue weighted by atomic mass is 32.1. The average molecular weight is 531 g/mol. The average Bonchev–Trinajstić information content (AvgIpc) is 3.31. The zero-order valence-corrected chi connectivity index (χ0v) is 23.1. The van der Waals surface area contributed by atoms with Crippen LogP contribution in [0.5, 0.6) is 0 Å². The molecule has 0 radical (unpaired) electrons. The van der Waals surface area contributed by atoms with Gasteiger partial charge in [-0.2, -0.15) is 0 Å². The molecule has 3 heterocycles. The highest BCUT2D eigenvalue weighted by molar-refractivity contribution is 7.07. The van der Waals surface area contributed by atoms with E-state index in [1.54, 1.807) is 41.6 Å². The number of thiazole rings is 1. The molecule has 196 valence electrons. The van der Waals surface area contributed by atoms with Crippen molar-refractivity contribution in [2.45, 2.75) is 39.7 Å². The number of rotatable bonds is 5. The van der Waals surface area contributed by atoms with Crippen LogP contribution in [0.3, 0.4) is 0 Å². The van der Waals surface area contributed by atoms with Crippen LogP contribution in [0.2, 0.25) is 0 Å². The first-order valence-electron chi connectivity index (χ1n) is 12.6. The van der Waals surface area contributed by atoms with Gasteiger partial charge in [0, 0.05) is 14.1 Å². The predicted octanol–water partition coefficient (Wildman–Crippen LogP) is 3.11. The smallest absolute Gasteiger partial charge is 0.338 e. The van der Waals surface area contributed by atoms with Crippen molar-refractivity contribution in [3.8, 4) is 0 Å². The Kier molecular flexibility index (Phi) is 6.56. The van der Waals surface area contributed by atoms with Crippen molar-refractivity contribution in [3.05, 3.63) is 101 Å². The van der Waals surface area contributed by atoms with E-state index in [1.807, 2.05) is 48.5 Å². The largest absolute Gasteiger partial charge is 0.463 e. The molecule has 4 aromatic rings. The summed E-state index contributed by atoms with van der Waals surface area (Å²) < 4.78 is 10.6. The van der Waals surface area contributed by atoms with Crippen LogP contribution in [-0.2, 0) is 23.6 Å². The number of benzene rings is 2. The van der Waals surface area contributed by atoms with Gasteiger partial charge in [0.1, 0.15) is 0 Å². The van der Waals surface area contributed by atoms with Crippen molar-refractivity contribution < 1.29 is 9.53 Å². The van der Waals surface area contributed by atoms with Gasteiger partial charge in [-0.15, -0.1) is 0 Å². The third kappa shape index (κ3) is 4.16. The lowest BCUT2D eigenvalue weighted by Crippen LogP contribution is -2.39. The summed E-state index contributed by atoms with van der Waals surface area (Å²) in [5, 5.41) is 0. The lowest BCUT2D eigenvalue weighted by atomic mass is 9.93. The summed E-state index contributed by atoms with van der Waals surface area (Å²) in [6, 6.07) is 13.0. The molecule has 9 heteroatoms. The molecule has 0 aliphatic carbocycles. The van der Waals surface area contributed by atoms with Crippen LogP contribution >= 0.6 is 11.3 Å². The third-order valence-electron chi connectivity index (χ3n) is 7.03. The lowest BCUT2D eigenvalue weighted by molar-refractivity contribution is -0.139. The molecule has 5 rings (SSSR count). The van der Waals surface area contributed by atoms with Gasteiger partial charge < -0.3 is 4.74 Å². The first-order chi connectivity index (χ1) is 18.1. The van der Waals surface area contributed by atoms with Gasteiger partial charge in [0.05, 0.1) is 39.5 Å². The predicted molar refractivity (Wildman–Crippen MR) is 149 cm³/mol. The Morgan fingerprint density at radius 3 is 2.42 bits per heavy atom. The summed E-state index contributed by atoms with van der Waals surface area (Å²) in [6.45, 7) is 8.01. The zero-order chi connectivity index (χ0) is 27.3. The Labute approximate surface area is 223 Å². The third-order valence-corrected chi connectivity index (χ3v) is 8.01. The van der Waals surface area contributed by atoms with Gasteiger partial charge in [-0.1, -0.05) is 55.5 Å². The minimum Gasteiger partial charge on any atom is -0.463 e. The molecule has 8 nitrogen and oxygen atoms in total. The van der Waals surface area contributed by atoms with Gasteiger partial charge in [-0.25, -0.2) is 14.6 Å². The number of carbonyl (C=O) groups is 1. The number of imidazole rings is 1. The van der Waals surface area contributed by atoms with Crippen molar-refractivity contribution in [1.29, 1.82) is 0 Å². The van der Waals surface area contributed by atoms with Crippen LogP contribution in [-0.4, -0.2) is 26.3 Å². The topological polar surface area (TPSA) is 87.6 Å². The van der Waals surface area contributed by atoms with Crippen LogP contribution in [0.4, 0.5) is 0 Å². The second-order valence-electron chi connectivity index (χ2n) is 9.77. The Bertz CT molecular complexity index is 1850. The van der Waals surface area contributed by atoms with Gasteiger partial charge in [-0.05, 0) is 54.7 Å². The van der Waals surface area contributed by atoms with Crippen molar-refractivity contribution in [1.82, 2.24) is 13.7 Å². The summed E-state index contributed by atoms with van der Waals surface area (Å²) >= 11 is 1.28. The number of aromatic nitrogens is 3. The standard InChI is InChI=1S/C29H30N4O4S/c1-7-37-27(35)24-17(4)30-28-33(25(24)20-11-9-19(10-12-20)16(2)3)26(34)23(38-28)15-18-8-13-21-22(14-18)32(6)29(36)31(21)5/h8-16,25H,7H2,1-6H3/b23-15+/t25-/m1/s1. The highest BCUT2D eigenvalue weighted by Gasteiger charge is 2.33. The van der Waals surface area contributed by atoms with Crippen LogP contribution in [0.25, 0.3) is 17.1 Å². The number of fused-ring (bicyclic) bond motifs is 2. The highest BCUT2D eigenvalue weighted by Crippen LogP contribution is 2.31. The normalized spacial score (nSPS) is 15.8. The van der Waals surface area contributed by atoms with Gasteiger partial charge in [-0.3, -0.25) is 18.5 Å². The maximum atomic E-state index is 13.8. The molecule has 0 unspecified atom stereocenters. The number of ether oxygens (including phenoxy) is 1. The number of carbonyl (C=O) groups excluding carboxylic acids is 1. The van der Waals surface area contributed by atoms with Gasteiger partial charge in [0.15, 0.2) is 4.80 Å². The fourth-order valence-corrected chi connectivity index (χ4v) is 5.98. The quantitative estimate of drug-likeness (QED) is 0.371. The van der Waals surface area contributed by atoms with Crippen LogP contribution in [0, 0.1) is 0 Å². The number of esters is 1. The SMILES string of the molecule is CCOC(=O)C1=C(C)N=c2s/c(=C/c3ccc4c(c3)n(C)c(=O)n4C)c(=O)n2[C@@H]1c1ccc(C(C)C)cc1. The second-order valence-corrected chi connectivity index (χ2v) is 10.8. The number of hydrogen-bond acceptors (Lipinski definition) is 6. The Balaban J connectivity index is 1.70. The number of allylic oxidation sites excluding steroid dienone is 1. The summed E-state index contributed by atoms with van der Waals surface area (Å²) in [6.07, 6.45) is 1.81. The molecule has 0 saturated carbocycles. The molecule has 0 amide bonds. The van der Waals surface area contributed by atoms with Gasteiger partial charge in [0.25, 0.3) is 5.56 Å². The molecule has 0 bridgehead atoms. The van der Waals surface area contributed by atoms with E-state index in [9.17, 15) is 14.4 Å². The van der Waals surface area contributed by atoms with Gasteiger partial charge >= 0.3 is 11.7 Å². The van der Waals surface area contributed by atoms with Crippen LogP contribution in [0.1, 0.15) is 56.3 Å². The summed E-state index contributed by atoms with van der Waals surface area (Å²) in [7, 11) is 3.46. The molecule has 0 fully saturated rings. The van der Waals surface area contributed by atoms with Gasteiger partial charge in [0.2, 0.25) is 0 Å². The van der Waals surface area contributed by atoms with E-state index in [-0.39, 0.29) is 17.9 Å².